The zero-order valence-corrected chi connectivity index (χ0v) is 18.0. The van der Waals surface area contributed by atoms with Crippen LogP contribution in [-0.2, 0) is 10.3 Å². The summed E-state index contributed by atoms with van der Waals surface area (Å²) in [4.78, 5) is 6.08. The van der Waals surface area contributed by atoms with E-state index in [9.17, 15) is 22.7 Å². The van der Waals surface area contributed by atoms with Crippen molar-refractivity contribution in [3.63, 3.8) is 0 Å². The van der Waals surface area contributed by atoms with Gasteiger partial charge >= 0.3 is 6.18 Å². The second-order valence-electron chi connectivity index (χ2n) is 7.09. The van der Waals surface area contributed by atoms with Crippen molar-refractivity contribution in [2.75, 3.05) is 27.8 Å². The van der Waals surface area contributed by atoms with Gasteiger partial charge in [0.2, 0.25) is 5.60 Å². The second-order valence-corrected chi connectivity index (χ2v) is 7.09. The van der Waals surface area contributed by atoms with E-state index in [2.05, 4.69) is 4.99 Å². The van der Waals surface area contributed by atoms with Crippen LogP contribution in [0.3, 0.4) is 0 Å². The molecule has 0 aliphatic rings. The highest BCUT2D eigenvalue weighted by molar-refractivity contribution is 5.65. The van der Waals surface area contributed by atoms with Crippen molar-refractivity contribution in [1.29, 1.82) is 0 Å². The fourth-order valence-electron chi connectivity index (χ4n) is 3.15. The minimum Gasteiger partial charge on any atom is -0.496 e. The van der Waals surface area contributed by atoms with Crippen LogP contribution in [0.1, 0.15) is 29.7 Å². The van der Waals surface area contributed by atoms with Gasteiger partial charge in [0.25, 0.3) is 0 Å². The number of alkyl halides is 3. The minimum absolute atomic E-state index is 0.0462. The van der Waals surface area contributed by atoms with E-state index in [1.807, 2.05) is 6.92 Å². The van der Waals surface area contributed by atoms with Crippen LogP contribution in [0, 0.1) is 12.7 Å². The molecule has 2 aromatic carbocycles. The monoisotopic (exact) mass is 442 g/mol. The van der Waals surface area contributed by atoms with Gasteiger partial charge in [0, 0.05) is 32.3 Å². The molecule has 0 aliphatic carbocycles. The summed E-state index contributed by atoms with van der Waals surface area (Å²) < 4.78 is 66.7. The van der Waals surface area contributed by atoms with Crippen molar-refractivity contribution in [2.45, 2.75) is 31.7 Å². The summed E-state index contributed by atoms with van der Waals surface area (Å²) in [5, 5.41) is 11.1. The van der Waals surface area contributed by atoms with Gasteiger partial charge in [-0.15, -0.1) is 0 Å². The van der Waals surface area contributed by atoms with E-state index in [0.717, 1.165) is 31.4 Å². The zero-order valence-electron chi connectivity index (χ0n) is 18.0. The Bertz CT molecular complexity index is 916. The highest BCUT2D eigenvalue weighted by Gasteiger charge is 2.62. The molecule has 0 aliphatic heterocycles. The summed E-state index contributed by atoms with van der Waals surface area (Å²) in [6.45, 7) is 4.20. The van der Waals surface area contributed by atoms with Gasteiger partial charge in [-0.25, -0.2) is 9.38 Å². The Kier molecular flexibility index (Phi) is 7.67. The van der Waals surface area contributed by atoms with Crippen molar-refractivity contribution in [3.8, 4) is 5.75 Å². The molecule has 2 unspecified atom stereocenters. The molecule has 0 amide bonds. The Balaban J connectivity index is 2.71. The Morgan fingerprint density at radius 3 is 2.26 bits per heavy atom. The van der Waals surface area contributed by atoms with E-state index in [1.165, 1.54) is 19.2 Å². The van der Waals surface area contributed by atoms with Gasteiger partial charge in [-0.3, -0.25) is 0 Å². The number of hydrogen-bond acceptors (Lipinski definition) is 4. The molecule has 0 spiro atoms. The largest absolute Gasteiger partial charge is 0.496 e. The van der Waals surface area contributed by atoms with Crippen LogP contribution in [0.15, 0.2) is 41.4 Å². The molecule has 2 atom stereocenters. The van der Waals surface area contributed by atoms with Crippen molar-refractivity contribution in [1.82, 2.24) is 4.90 Å². The average molecular weight is 442 g/mol. The van der Waals surface area contributed by atoms with Crippen LogP contribution in [0.5, 0.6) is 5.75 Å². The van der Waals surface area contributed by atoms with Crippen molar-refractivity contribution < 1.29 is 32.1 Å². The molecule has 0 fully saturated rings. The Labute approximate surface area is 178 Å². The second kappa shape index (κ2) is 9.65. The Hall–Kier alpha value is -2.65. The molecule has 5 nitrogen and oxygen atoms in total. The van der Waals surface area contributed by atoms with Crippen LogP contribution in [0.4, 0.5) is 23.2 Å². The topological polar surface area (TPSA) is 54.3 Å². The summed E-state index contributed by atoms with van der Waals surface area (Å²) in [7, 11) is 4.05. The Morgan fingerprint density at radius 2 is 1.77 bits per heavy atom. The third-order valence-electron chi connectivity index (χ3n) is 5.04. The van der Waals surface area contributed by atoms with E-state index in [-0.39, 0.29) is 11.3 Å². The number of aliphatic imine (C=N–C) groups is 1. The molecule has 0 radical (unpaired) electrons. The highest BCUT2D eigenvalue weighted by Crippen LogP contribution is 2.52. The number of aryl methyl sites for hydroxylation is 1. The molecule has 2 aromatic rings. The van der Waals surface area contributed by atoms with Crippen LogP contribution < -0.4 is 4.74 Å². The molecule has 2 rings (SSSR count). The van der Waals surface area contributed by atoms with Crippen LogP contribution in [0.25, 0.3) is 0 Å². The normalized spacial score (nSPS) is 15.0. The molecule has 31 heavy (non-hydrogen) atoms. The average Bonchev–Trinajstić information content (AvgIpc) is 2.73. The maximum absolute atomic E-state index is 14.3. The number of aliphatic hydroxyl groups is 1. The predicted octanol–water partition coefficient (Wildman–Crippen LogP) is 4.89. The van der Waals surface area contributed by atoms with Crippen molar-refractivity contribution >= 4 is 12.0 Å². The minimum atomic E-state index is -5.14. The SMILES string of the molecule is CCN(C)/C=N/c1cc(OC)c(C(O)(C(OC)c2ccc(F)cc2)C(F)(F)F)cc1C. The third-order valence-corrected chi connectivity index (χ3v) is 5.04. The summed E-state index contributed by atoms with van der Waals surface area (Å²) in [6.07, 6.45) is -5.47. The van der Waals surface area contributed by atoms with Crippen LogP contribution in [-0.4, -0.2) is 50.3 Å². The van der Waals surface area contributed by atoms with Gasteiger partial charge in [0.1, 0.15) is 17.7 Å². The summed E-state index contributed by atoms with van der Waals surface area (Å²) in [6, 6.07) is 6.79. The van der Waals surface area contributed by atoms with Crippen LogP contribution >= 0.6 is 0 Å². The van der Waals surface area contributed by atoms with Gasteiger partial charge in [-0.2, -0.15) is 13.2 Å². The molecule has 1 N–H and O–H groups in total. The van der Waals surface area contributed by atoms with Crippen molar-refractivity contribution in [3.05, 3.63) is 58.9 Å². The number of hydrogen-bond donors (Lipinski definition) is 1. The Morgan fingerprint density at radius 1 is 1.16 bits per heavy atom. The standard InChI is InChI=1S/C22H26F4N2O3/c1-6-28(3)13-27-18-12-19(30-4)17(11-14(18)2)21(29,22(24,25)26)20(31-5)15-7-9-16(23)10-8-15/h7-13,20,29H,6H2,1-5H3/b27-13+. The molecular formula is C22H26F4N2O3. The lowest BCUT2D eigenvalue weighted by Crippen LogP contribution is -2.48. The first-order valence-electron chi connectivity index (χ1n) is 9.50. The molecular weight excluding hydrogens is 416 g/mol. The highest BCUT2D eigenvalue weighted by atomic mass is 19.4. The summed E-state index contributed by atoms with van der Waals surface area (Å²) in [5.41, 5.74) is -3.26. The number of benzene rings is 2. The molecule has 0 saturated carbocycles. The first-order valence-corrected chi connectivity index (χ1v) is 9.50. The number of ether oxygens (including phenoxy) is 2. The molecule has 0 aromatic heterocycles. The fraction of sp³-hybridized carbons (Fsp3) is 0.409. The predicted molar refractivity (Wildman–Crippen MR) is 110 cm³/mol. The lowest BCUT2D eigenvalue weighted by atomic mass is 9.82. The van der Waals surface area contributed by atoms with E-state index >= 15 is 0 Å². The molecule has 0 saturated heterocycles. The van der Waals surface area contributed by atoms with Crippen LogP contribution in [0.2, 0.25) is 0 Å². The lowest BCUT2D eigenvalue weighted by molar-refractivity contribution is -0.303. The number of halogens is 4. The molecule has 0 bridgehead atoms. The number of rotatable bonds is 8. The van der Waals surface area contributed by atoms with Gasteiger partial charge in [0.15, 0.2) is 0 Å². The summed E-state index contributed by atoms with van der Waals surface area (Å²) in [5.74, 6) is -0.831. The van der Waals surface area contributed by atoms with E-state index in [0.29, 0.717) is 17.8 Å². The van der Waals surface area contributed by atoms with Gasteiger partial charge in [-0.1, -0.05) is 12.1 Å². The summed E-state index contributed by atoms with van der Waals surface area (Å²) >= 11 is 0. The van der Waals surface area contributed by atoms with E-state index in [1.54, 1.807) is 25.2 Å². The molecule has 170 valence electrons. The third kappa shape index (κ3) is 4.99. The first-order chi connectivity index (χ1) is 14.5. The maximum atomic E-state index is 14.3. The fourth-order valence-corrected chi connectivity index (χ4v) is 3.15. The first kappa shape index (κ1) is 24.6. The van der Waals surface area contributed by atoms with E-state index in [4.69, 9.17) is 9.47 Å². The molecule has 9 heteroatoms. The smallest absolute Gasteiger partial charge is 0.424 e. The quantitative estimate of drug-likeness (QED) is 0.359. The van der Waals surface area contributed by atoms with Crippen molar-refractivity contribution in [2.24, 2.45) is 4.99 Å². The van der Waals surface area contributed by atoms with Gasteiger partial charge in [-0.05, 0) is 43.2 Å². The lowest BCUT2D eigenvalue weighted by Gasteiger charge is -2.38. The molecule has 0 heterocycles. The van der Waals surface area contributed by atoms with Gasteiger partial charge < -0.3 is 19.5 Å². The van der Waals surface area contributed by atoms with Gasteiger partial charge in [0.05, 0.1) is 19.1 Å². The maximum Gasteiger partial charge on any atom is 0.424 e. The number of nitrogens with zero attached hydrogens (tertiary/aromatic N) is 2. The number of methoxy groups -OCH3 is 2. The zero-order chi connectivity index (χ0) is 23.4. The van der Waals surface area contributed by atoms with E-state index < -0.39 is 29.3 Å².